The van der Waals surface area contributed by atoms with E-state index in [0.717, 1.165) is 34.9 Å². The molecular formula is C37H31F5N2O2S. The molecule has 1 atom stereocenters. The van der Waals surface area contributed by atoms with Gasteiger partial charge in [-0.3, -0.25) is 9.36 Å². The first-order chi connectivity index (χ1) is 22.6. The van der Waals surface area contributed by atoms with Crippen LogP contribution < -0.4 is 15.6 Å². The van der Waals surface area contributed by atoms with Crippen LogP contribution in [-0.4, -0.2) is 24.0 Å². The van der Waals surface area contributed by atoms with Crippen LogP contribution in [0.4, 0.5) is 22.0 Å². The minimum Gasteiger partial charge on any atom is -0.494 e. The Morgan fingerprint density at radius 2 is 1.60 bits per heavy atom. The summed E-state index contributed by atoms with van der Waals surface area (Å²) < 4.78 is 79.4. The van der Waals surface area contributed by atoms with Crippen LogP contribution >= 0.6 is 11.8 Å². The van der Waals surface area contributed by atoms with Gasteiger partial charge in [-0.25, -0.2) is 8.78 Å². The monoisotopic (exact) mass is 662 g/mol. The fraction of sp³-hybridized carbons (Fsp3) is 0.216. The number of rotatable bonds is 9. The Bertz CT molecular complexity index is 1980. The van der Waals surface area contributed by atoms with Gasteiger partial charge in [0.05, 0.1) is 29.3 Å². The van der Waals surface area contributed by atoms with E-state index in [1.165, 1.54) is 35.6 Å². The van der Waals surface area contributed by atoms with Gasteiger partial charge in [0.2, 0.25) is 0 Å². The molecule has 0 aliphatic carbocycles. The van der Waals surface area contributed by atoms with Crippen molar-refractivity contribution in [3.63, 3.8) is 0 Å². The number of nitrogens with one attached hydrogen (secondary N) is 1. The summed E-state index contributed by atoms with van der Waals surface area (Å²) in [4.78, 5) is 14.2. The molecule has 6 rings (SSSR count). The third kappa shape index (κ3) is 6.44. The van der Waals surface area contributed by atoms with Crippen LogP contribution in [0.25, 0.3) is 22.3 Å². The predicted molar refractivity (Wildman–Crippen MR) is 175 cm³/mol. The summed E-state index contributed by atoms with van der Waals surface area (Å²) in [7, 11) is 1.31. The Labute approximate surface area is 273 Å². The van der Waals surface area contributed by atoms with E-state index in [0.29, 0.717) is 35.0 Å². The van der Waals surface area contributed by atoms with Crippen LogP contribution in [-0.2, 0) is 19.1 Å². The van der Waals surface area contributed by atoms with Gasteiger partial charge in [0.1, 0.15) is 5.82 Å². The van der Waals surface area contributed by atoms with E-state index in [1.54, 1.807) is 13.0 Å². The van der Waals surface area contributed by atoms with Crippen molar-refractivity contribution in [2.45, 2.75) is 37.1 Å². The molecule has 10 heteroatoms. The standard InChI is InChI=1S/C37H31F5N2O2S/c1-22-28(18-29-30(37(40,41)42)11-7-12-31(29)38)36-44(35(45)33(22)27-10-6-13-32(46-2)34(27)39)26(21-47-36)20-43-19-23-14-16-25(17-15-23)24-8-4-3-5-9-24/h3-17,26,43H,18-21H2,1-2H3. The first-order valence-corrected chi connectivity index (χ1v) is 16.0. The maximum absolute atomic E-state index is 15.6. The molecule has 1 aliphatic heterocycles. The Hall–Kier alpha value is -4.41. The van der Waals surface area contributed by atoms with E-state index in [2.05, 4.69) is 5.32 Å². The lowest BCUT2D eigenvalue weighted by molar-refractivity contribution is -0.138. The van der Waals surface area contributed by atoms with Gasteiger partial charge in [0.15, 0.2) is 11.6 Å². The maximum Gasteiger partial charge on any atom is 0.416 e. The highest BCUT2D eigenvalue weighted by molar-refractivity contribution is 7.99. The number of thioether (sulfide) groups is 1. The smallest absolute Gasteiger partial charge is 0.416 e. The molecule has 0 saturated carbocycles. The number of benzene rings is 4. The van der Waals surface area contributed by atoms with E-state index in [1.807, 2.05) is 54.6 Å². The van der Waals surface area contributed by atoms with Crippen molar-refractivity contribution in [2.75, 3.05) is 19.4 Å². The van der Waals surface area contributed by atoms with Crippen LogP contribution in [0.2, 0.25) is 0 Å². The quantitative estimate of drug-likeness (QED) is 0.160. The van der Waals surface area contributed by atoms with Crippen molar-refractivity contribution in [1.82, 2.24) is 9.88 Å². The van der Waals surface area contributed by atoms with Gasteiger partial charge in [-0.2, -0.15) is 13.2 Å². The zero-order valence-electron chi connectivity index (χ0n) is 25.6. The zero-order chi connectivity index (χ0) is 33.3. The van der Waals surface area contributed by atoms with E-state index in [-0.39, 0.29) is 22.9 Å². The molecule has 0 radical (unpaired) electrons. The second-order valence-electron chi connectivity index (χ2n) is 11.4. The minimum absolute atomic E-state index is 0.00838. The van der Waals surface area contributed by atoms with Crippen molar-refractivity contribution < 1.29 is 26.7 Å². The Morgan fingerprint density at radius 3 is 2.30 bits per heavy atom. The molecule has 0 bridgehead atoms. The van der Waals surface area contributed by atoms with Gasteiger partial charge >= 0.3 is 6.18 Å². The van der Waals surface area contributed by atoms with Crippen LogP contribution in [0, 0.1) is 18.6 Å². The molecule has 0 amide bonds. The summed E-state index contributed by atoms with van der Waals surface area (Å²) in [5, 5.41) is 3.86. The minimum atomic E-state index is -4.79. The second kappa shape index (κ2) is 13.4. The highest BCUT2D eigenvalue weighted by Crippen LogP contribution is 2.42. The molecule has 1 aliphatic rings. The second-order valence-corrected chi connectivity index (χ2v) is 12.4. The third-order valence-corrected chi connectivity index (χ3v) is 9.78. The number of aromatic nitrogens is 1. The van der Waals surface area contributed by atoms with Crippen molar-refractivity contribution in [2.24, 2.45) is 0 Å². The number of fused-ring (bicyclic) bond motifs is 1. The molecular weight excluding hydrogens is 631 g/mol. The number of hydrogen-bond donors (Lipinski definition) is 1. The summed E-state index contributed by atoms with van der Waals surface area (Å²) in [6, 6.07) is 25.0. The average molecular weight is 663 g/mol. The normalized spacial score (nSPS) is 14.3. The fourth-order valence-electron chi connectivity index (χ4n) is 6.11. The van der Waals surface area contributed by atoms with E-state index in [4.69, 9.17) is 4.74 Å². The molecule has 5 aromatic rings. The highest BCUT2D eigenvalue weighted by atomic mass is 32.2. The van der Waals surface area contributed by atoms with Gasteiger partial charge in [0.25, 0.3) is 5.56 Å². The van der Waals surface area contributed by atoms with Crippen LogP contribution in [0.3, 0.4) is 0 Å². The molecule has 4 aromatic carbocycles. The van der Waals surface area contributed by atoms with Gasteiger partial charge in [-0.15, -0.1) is 11.8 Å². The SMILES string of the molecule is COc1cccc(-c2c(C)c(Cc3c(F)cccc3C(F)(F)F)c3n(c2=O)C(CNCc2ccc(-c4ccccc4)cc2)CS3)c1F. The van der Waals surface area contributed by atoms with Gasteiger partial charge in [0, 0.05) is 36.4 Å². The fourth-order valence-corrected chi connectivity index (χ4v) is 7.50. The van der Waals surface area contributed by atoms with E-state index >= 15 is 8.78 Å². The predicted octanol–water partition coefficient (Wildman–Crippen LogP) is 8.82. The number of alkyl halides is 3. The Kier molecular flexibility index (Phi) is 9.25. The number of ether oxygens (including phenoxy) is 1. The van der Waals surface area contributed by atoms with Crippen molar-refractivity contribution in [3.05, 3.63) is 141 Å². The summed E-state index contributed by atoms with van der Waals surface area (Å²) >= 11 is 1.33. The van der Waals surface area contributed by atoms with Gasteiger partial charge < -0.3 is 10.1 Å². The maximum atomic E-state index is 15.6. The summed E-state index contributed by atoms with van der Waals surface area (Å²) in [6.07, 6.45) is -5.22. The molecule has 1 aromatic heterocycles. The molecule has 0 saturated heterocycles. The van der Waals surface area contributed by atoms with Crippen molar-refractivity contribution in [1.29, 1.82) is 0 Å². The zero-order valence-corrected chi connectivity index (χ0v) is 26.4. The van der Waals surface area contributed by atoms with Gasteiger partial charge in [-0.05, 0) is 52.9 Å². The third-order valence-electron chi connectivity index (χ3n) is 8.52. The van der Waals surface area contributed by atoms with Gasteiger partial charge in [-0.1, -0.05) is 72.8 Å². The van der Waals surface area contributed by atoms with Crippen LogP contribution in [0.15, 0.2) is 101 Å². The molecule has 242 valence electrons. The van der Waals surface area contributed by atoms with E-state index in [9.17, 15) is 18.0 Å². The molecule has 0 spiro atoms. The molecule has 2 heterocycles. The van der Waals surface area contributed by atoms with Crippen LogP contribution in [0.5, 0.6) is 5.75 Å². The first-order valence-electron chi connectivity index (χ1n) is 15.0. The molecule has 1 unspecified atom stereocenters. The molecule has 4 nitrogen and oxygen atoms in total. The Morgan fingerprint density at radius 1 is 0.894 bits per heavy atom. The number of methoxy groups -OCH3 is 1. The highest BCUT2D eigenvalue weighted by Gasteiger charge is 2.36. The van der Waals surface area contributed by atoms with Crippen molar-refractivity contribution in [3.8, 4) is 28.0 Å². The molecule has 47 heavy (non-hydrogen) atoms. The summed E-state index contributed by atoms with van der Waals surface area (Å²) in [5.74, 6) is -1.39. The summed E-state index contributed by atoms with van der Waals surface area (Å²) in [6.45, 7) is 2.46. The number of hydrogen-bond acceptors (Lipinski definition) is 4. The lowest BCUT2D eigenvalue weighted by Crippen LogP contribution is -2.33. The number of nitrogens with zero attached hydrogens (tertiary/aromatic N) is 1. The molecule has 0 fully saturated rings. The van der Waals surface area contributed by atoms with Crippen LogP contribution in [0.1, 0.15) is 33.9 Å². The van der Waals surface area contributed by atoms with E-state index < -0.39 is 40.9 Å². The first kappa shape index (κ1) is 32.5. The summed E-state index contributed by atoms with van der Waals surface area (Å²) in [5.41, 5.74) is 1.77. The lowest BCUT2D eigenvalue weighted by Gasteiger charge is -2.22. The Balaban J connectivity index is 1.37. The largest absolute Gasteiger partial charge is 0.494 e. The average Bonchev–Trinajstić information content (AvgIpc) is 3.48. The number of pyridine rings is 1. The topological polar surface area (TPSA) is 43.3 Å². The number of halogens is 5. The lowest BCUT2D eigenvalue weighted by atomic mass is 9.92. The van der Waals surface area contributed by atoms with Crippen molar-refractivity contribution >= 4 is 11.8 Å². The molecule has 1 N–H and O–H groups in total.